The summed E-state index contributed by atoms with van der Waals surface area (Å²) in [5.41, 5.74) is 2.29. The molecule has 0 radical (unpaired) electrons. The Morgan fingerprint density at radius 2 is 1.38 bits per heavy atom. The van der Waals surface area contributed by atoms with Crippen LogP contribution in [0.2, 0.25) is 0 Å². The smallest absolute Gasteiger partial charge is 0.140 e. The van der Waals surface area contributed by atoms with E-state index in [0.717, 1.165) is 5.65 Å². The molecule has 21 heavy (non-hydrogen) atoms. The zero-order chi connectivity index (χ0) is 16.3. The van der Waals surface area contributed by atoms with Crippen LogP contribution < -0.4 is 0 Å². The summed E-state index contributed by atoms with van der Waals surface area (Å²) in [6.45, 7) is 12.2. The molecule has 0 saturated heterocycles. The summed E-state index contributed by atoms with van der Waals surface area (Å²) >= 11 is 0. The van der Waals surface area contributed by atoms with Crippen LogP contribution in [0, 0.1) is 0 Å². The van der Waals surface area contributed by atoms with Crippen LogP contribution in [0.3, 0.4) is 0 Å². The Balaban J connectivity index is 0.000000500. The summed E-state index contributed by atoms with van der Waals surface area (Å²) in [5, 5.41) is 2.50. The Bertz CT molecular complexity index is 570. The van der Waals surface area contributed by atoms with Gasteiger partial charge in [0.25, 0.3) is 0 Å². The van der Waals surface area contributed by atoms with Crippen molar-refractivity contribution in [2.45, 2.75) is 48.0 Å². The summed E-state index contributed by atoms with van der Waals surface area (Å²) in [6, 6.07) is 12.5. The van der Waals surface area contributed by atoms with E-state index in [9.17, 15) is 0 Å². The molecule has 3 aromatic rings. The molecular formula is C19H30N2. The van der Waals surface area contributed by atoms with Gasteiger partial charge in [0.05, 0.1) is 5.52 Å². The number of nitrogens with zero attached hydrogens (tertiary/aromatic N) is 2. The second-order valence-electron chi connectivity index (χ2n) is 4.16. The molecule has 116 valence electrons. The van der Waals surface area contributed by atoms with Gasteiger partial charge in [-0.2, -0.15) is 0 Å². The normalized spacial score (nSPS) is 8.90. The van der Waals surface area contributed by atoms with Gasteiger partial charge in [-0.25, -0.2) is 4.98 Å². The lowest BCUT2D eigenvalue weighted by atomic mass is 10.2. The first kappa shape index (κ1) is 19.2. The highest BCUT2D eigenvalue weighted by Gasteiger charge is 2.06. The molecular weight excluding hydrogens is 256 g/mol. The van der Waals surface area contributed by atoms with Gasteiger partial charge in [0.15, 0.2) is 0 Å². The SMILES string of the molecule is CC.CC.CCC.Cn1c2ccccc2c2cccnc21. The maximum absolute atomic E-state index is 4.38. The Kier molecular flexibility index (Phi) is 9.95. The maximum atomic E-state index is 4.38. The van der Waals surface area contributed by atoms with Gasteiger partial charge in [0, 0.05) is 24.0 Å². The highest BCUT2D eigenvalue weighted by atomic mass is 15.0. The Morgan fingerprint density at radius 3 is 2.00 bits per heavy atom. The van der Waals surface area contributed by atoms with Crippen molar-refractivity contribution in [2.24, 2.45) is 7.05 Å². The number of hydrogen-bond donors (Lipinski definition) is 0. The summed E-state index contributed by atoms with van der Waals surface area (Å²) in [7, 11) is 2.05. The van der Waals surface area contributed by atoms with Crippen molar-refractivity contribution in [2.75, 3.05) is 0 Å². The van der Waals surface area contributed by atoms with Gasteiger partial charge in [0.2, 0.25) is 0 Å². The summed E-state index contributed by atoms with van der Waals surface area (Å²) < 4.78 is 2.13. The third kappa shape index (κ3) is 4.59. The second kappa shape index (κ2) is 10.9. The molecule has 2 heteroatoms. The van der Waals surface area contributed by atoms with E-state index in [1.54, 1.807) is 0 Å². The fourth-order valence-corrected chi connectivity index (χ4v) is 1.98. The molecule has 3 rings (SSSR count). The van der Waals surface area contributed by atoms with Crippen LogP contribution in [0.15, 0.2) is 42.6 Å². The van der Waals surface area contributed by atoms with Gasteiger partial charge < -0.3 is 4.57 Å². The maximum Gasteiger partial charge on any atom is 0.140 e. The summed E-state index contributed by atoms with van der Waals surface area (Å²) in [5.74, 6) is 0. The van der Waals surface area contributed by atoms with E-state index in [1.165, 1.54) is 22.7 Å². The highest BCUT2D eigenvalue weighted by Crippen LogP contribution is 2.25. The van der Waals surface area contributed by atoms with Crippen LogP contribution >= 0.6 is 0 Å². The average Bonchev–Trinajstić information content (AvgIpc) is 2.86. The predicted molar refractivity (Wildman–Crippen MR) is 96.9 cm³/mol. The molecule has 2 nitrogen and oxygen atoms in total. The number of fused-ring (bicyclic) bond motifs is 3. The molecule has 0 N–H and O–H groups in total. The number of aromatic nitrogens is 2. The zero-order valence-corrected chi connectivity index (χ0v) is 14.6. The van der Waals surface area contributed by atoms with Crippen molar-refractivity contribution in [3.63, 3.8) is 0 Å². The molecule has 2 heterocycles. The molecule has 0 aliphatic heterocycles. The van der Waals surface area contributed by atoms with Crippen LogP contribution in [0.4, 0.5) is 0 Å². The van der Waals surface area contributed by atoms with Gasteiger partial charge in [-0.3, -0.25) is 0 Å². The largest absolute Gasteiger partial charge is 0.328 e. The monoisotopic (exact) mass is 286 g/mol. The van der Waals surface area contributed by atoms with Crippen LogP contribution in [0.5, 0.6) is 0 Å². The average molecular weight is 286 g/mol. The minimum Gasteiger partial charge on any atom is -0.328 e. The summed E-state index contributed by atoms with van der Waals surface area (Å²) in [4.78, 5) is 4.38. The van der Waals surface area contributed by atoms with E-state index in [0.29, 0.717) is 0 Å². The minimum atomic E-state index is 1.05. The van der Waals surface area contributed by atoms with E-state index in [1.807, 2.05) is 40.0 Å². The fraction of sp³-hybridized carbons (Fsp3) is 0.421. The number of para-hydroxylation sites is 1. The Morgan fingerprint density at radius 1 is 0.857 bits per heavy atom. The lowest BCUT2D eigenvalue weighted by molar-refractivity contribution is 0.990. The third-order valence-corrected chi connectivity index (χ3v) is 2.66. The van der Waals surface area contributed by atoms with Crippen LogP contribution in [0.25, 0.3) is 21.9 Å². The van der Waals surface area contributed by atoms with E-state index >= 15 is 0 Å². The van der Waals surface area contributed by atoms with Gasteiger partial charge >= 0.3 is 0 Å². The number of pyridine rings is 1. The van der Waals surface area contributed by atoms with E-state index in [-0.39, 0.29) is 0 Å². The minimum absolute atomic E-state index is 1.05. The molecule has 0 atom stereocenters. The number of hydrogen-bond acceptors (Lipinski definition) is 1. The zero-order valence-electron chi connectivity index (χ0n) is 14.6. The van der Waals surface area contributed by atoms with E-state index in [4.69, 9.17) is 0 Å². The van der Waals surface area contributed by atoms with E-state index < -0.39 is 0 Å². The first-order valence-corrected chi connectivity index (χ1v) is 8.07. The molecule has 0 fully saturated rings. The van der Waals surface area contributed by atoms with Crippen molar-refractivity contribution >= 4 is 21.9 Å². The number of aryl methyl sites for hydroxylation is 1. The Labute approximate surface area is 129 Å². The molecule has 2 aromatic heterocycles. The first-order valence-electron chi connectivity index (χ1n) is 8.07. The molecule has 0 aliphatic rings. The Hall–Kier alpha value is -1.83. The van der Waals surface area contributed by atoms with Crippen molar-refractivity contribution in [1.29, 1.82) is 0 Å². The molecule has 0 unspecified atom stereocenters. The van der Waals surface area contributed by atoms with Crippen LogP contribution in [-0.4, -0.2) is 9.55 Å². The molecule has 0 spiro atoms. The van der Waals surface area contributed by atoms with Gasteiger partial charge in [-0.05, 0) is 18.2 Å². The van der Waals surface area contributed by atoms with Gasteiger partial charge in [-0.1, -0.05) is 66.2 Å². The van der Waals surface area contributed by atoms with E-state index in [2.05, 4.69) is 60.8 Å². The fourth-order valence-electron chi connectivity index (χ4n) is 1.98. The van der Waals surface area contributed by atoms with Crippen LogP contribution in [0.1, 0.15) is 48.0 Å². The highest BCUT2D eigenvalue weighted by molar-refractivity contribution is 6.06. The standard InChI is InChI=1S/C12H10N2.C3H8.2C2H6/c1-14-11-7-3-2-5-9(11)10-6-4-8-13-12(10)14;1-3-2;2*1-2/h2-8H,1H3;3H2,1-2H3;2*1-2H3. The molecule has 0 bridgehead atoms. The van der Waals surface area contributed by atoms with Crippen molar-refractivity contribution in [3.8, 4) is 0 Å². The summed E-state index contributed by atoms with van der Waals surface area (Å²) in [6.07, 6.45) is 3.08. The lowest BCUT2D eigenvalue weighted by Gasteiger charge is -1.94. The molecule has 1 aromatic carbocycles. The quantitative estimate of drug-likeness (QED) is 0.481. The molecule has 0 amide bonds. The lowest BCUT2D eigenvalue weighted by Crippen LogP contribution is -1.87. The van der Waals surface area contributed by atoms with Crippen LogP contribution in [-0.2, 0) is 7.05 Å². The van der Waals surface area contributed by atoms with Crippen molar-refractivity contribution in [1.82, 2.24) is 9.55 Å². The number of benzene rings is 1. The predicted octanol–water partition coefficient (Wildman–Crippen LogP) is 6.20. The van der Waals surface area contributed by atoms with Crippen molar-refractivity contribution < 1.29 is 0 Å². The van der Waals surface area contributed by atoms with Gasteiger partial charge in [0.1, 0.15) is 5.65 Å². The topological polar surface area (TPSA) is 17.8 Å². The van der Waals surface area contributed by atoms with Gasteiger partial charge in [-0.15, -0.1) is 0 Å². The first-order chi connectivity index (χ1) is 10.3. The van der Waals surface area contributed by atoms with Crippen molar-refractivity contribution in [3.05, 3.63) is 42.6 Å². The molecule has 0 aliphatic carbocycles. The number of rotatable bonds is 0. The second-order valence-corrected chi connectivity index (χ2v) is 4.16. The third-order valence-electron chi connectivity index (χ3n) is 2.66. The molecule has 0 saturated carbocycles.